The van der Waals surface area contributed by atoms with E-state index in [1.807, 2.05) is 63.2 Å². The molecule has 184 valence electrons. The summed E-state index contributed by atoms with van der Waals surface area (Å²) in [5.74, 6) is 1.11. The summed E-state index contributed by atoms with van der Waals surface area (Å²) in [5, 5.41) is 3.21. The Morgan fingerprint density at radius 2 is 1.82 bits per heavy atom. The highest BCUT2D eigenvalue weighted by molar-refractivity contribution is 5.88. The van der Waals surface area contributed by atoms with Crippen molar-refractivity contribution in [2.45, 2.75) is 77.9 Å². The van der Waals surface area contributed by atoms with Gasteiger partial charge in [-0.1, -0.05) is 50.5 Å². The van der Waals surface area contributed by atoms with Crippen LogP contribution in [0.15, 0.2) is 42.5 Å². The molecule has 1 aliphatic rings. The summed E-state index contributed by atoms with van der Waals surface area (Å²) in [6, 6.07) is 13.0. The Bertz CT molecular complexity index is 969. The third kappa shape index (κ3) is 6.75. The van der Waals surface area contributed by atoms with Crippen molar-refractivity contribution < 1.29 is 19.1 Å². The molecule has 6 nitrogen and oxygen atoms in total. The van der Waals surface area contributed by atoms with E-state index in [-0.39, 0.29) is 24.5 Å². The van der Waals surface area contributed by atoms with Crippen LogP contribution in [-0.2, 0) is 16.1 Å². The van der Waals surface area contributed by atoms with Crippen molar-refractivity contribution in [1.29, 1.82) is 0 Å². The average Bonchev–Trinajstić information content (AvgIpc) is 2.85. The zero-order valence-electron chi connectivity index (χ0n) is 20.9. The highest BCUT2D eigenvalue weighted by Gasteiger charge is 2.30. The second-order valence-corrected chi connectivity index (χ2v) is 9.13. The molecule has 6 heteroatoms. The molecular formula is C28H38N2O4. The van der Waals surface area contributed by atoms with Gasteiger partial charge in [-0.05, 0) is 68.0 Å². The van der Waals surface area contributed by atoms with Gasteiger partial charge in [-0.25, -0.2) is 0 Å². The van der Waals surface area contributed by atoms with Crippen LogP contribution in [0.4, 0.5) is 0 Å². The summed E-state index contributed by atoms with van der Waals surface area (Å²) in [6.07, 6.45) is 6.02. The van der Waals surface area contributed by atoms with Crippen molar-refractivity contribution in [1.82, 2.24) is 10.2 Å². The molecule has 0 aromatic heterocycles. The first kappa shape index (κ1) is 25.6. The lowest BCUT2D eigenvalue weighted by molar-refractivity contribution is -0.143. The summed E-state index contributed by atoms with van der Waals surface area (Å²) in [7, 11) is 1.62. The Hall–Kier alpha value is -3.02. The molecule has 0 bridgehead atoms. The number of carbonyl (C=O) groups excluding carboxylic acids is 2. The van der Waals surface area contributed by atoms with Gasteiger partial charge in [-0.3, -0.25) is 9.59 Å². The van der Waals surface area contributed by atoms with Gasteiger partial charge in [0.25, 0.3) is 5.91 Å². The van der Waals surface area contributed by atoms with E-state index >= 15 is 0 Å². The molecular weight excluding hydrogens is 428 g/mol. The molecule has 1 N–H and O–H groups in total. The average molecular weight is 467 g/mol. The maximum absolute atomic E-state index is 13.5. The number of ether oxygens (including phenoxy) is 2. The Morgan fingerprint density at radius 1 is 1.09 bits per heavy atom. The molecule has 2 amide bonds. The van der Waals surface area contributed by atoms with Crippen LogP contribution in [-0.4, -0.2) is 42.5 Å². The number of nitrogens with one attached hydrogen (secondary N) is 1. The number of carbonyl (C=O) groups is 2. The van der Waals surface area contributed by atoms with Gasteiger partial charge in [-0.2, -0.15) is 0 Å². The maximum Gasteiger partial charge on any atom is 0.261 e. The van der Waals surface area contributed by atoms with E-state index in [9.17, 15) is 9.59 Å². The van der Waals surface area contributed by atoms with Crippen LogP contribution >= 0.6 is 0 Å². The predicted molar refractivity (Wildman–Crippen MR) is 134 cm³/mol. The fourth-order valence-electron chi connectivity index (χ4n) is 4.53. The first-order valence-corrected chi connectivity index (χ1v) is 12.3. The molecule has 1 saturated carbocycles. The molecule has 0 spiro atoms. The minimum absolute atomic E-state index is 0.0858. The number of amides is 2. The molecule has 0 saturated heterocycles. The quantitative estimate of drug-likeness (QED) is 0.538. The van der Waals surface area contributed by atoms with Crippen molar-refractivity contribution in [2.24, 2.45) is 0 Å². The van der Waals surface area contributed by atoms with Crippen LogP contribution in [0, 0.1) is 13.8 Å². The van der Waals surface area contributed by atoms with Crippen LogP contribution in [0.2, 0.25) is 0 Å². The van der Waals surface area contributed by atoms with Gasteiger partial charge in [-0.15, -0.1) is 0 Å². The van der Waals surface area contributed by atoms with E-state index in [1.165, 1.54) is 6.42 Å². The summed E-state index contributed by atoms with van der Waals surface area (Å²) >= 11 is 0. The maximum atomic E-state index is 13.5. The van der Waals surface area contributed by atoms with Gasteiger partial charge in [0.2, 0.25) is 5.91 Å². The number of hydrogen-bond donors (Lipinski definition) is 1. The minimum atomic E-state index is -0.567. The van der Waals surface area contributed by atoms with Gasteiger partial charge in [0, 0.05) is 12.6 Å². The normalized spacial score (nSPS) is 14.8. The number of benzene rings is 2. The van der Waals surface area contributed by atoms with Gasteiger partial charge in [0.15, 0.2) is 6.61 Å². The van der Waals surface area contributed by atoms with Crippen LogP contribution in [0.3, 0.4) is 0 Å². The van der Waals surface area contributed by atoms with E-state index in [0.717, 1.165) is 48.1 Å². The smallest absolute Gasteiger partial charge is 0.261 e. The Labute approximate surface area is 203 Å². The van der Waals surface area contributed by atoms with Crippen molar-refractivity contribution >= 4 is 11.8 Å². The first-order chi connectivity index (χ1) is 16.4. The number of nitrogens with zero attached hydrogens (tertiary/aromatic N) is 1. The molecule has 0 radical (unpaired) electrons. The molecule has 0 aliphatic heterocycles. The largest absolute Gasteiger partial charge is 0.497 e. The van der Waals surface area contributed by atoms with Crippen LogP contribution in [0.1, 0.15) is 62.1 Å². The molecule has 1 fully saturated rings. The monoisotopic (exact) mass is 466 g/mol. The lowest BCUT2D eigenvalue weighted by Gasteiger charge is -2.32. The first-order valence-electron chi connectivity index (χ1n) is 12.3. The van der Waals surface area contributed by atoms with E-state index < -0.39 is 6.04 Å². The van der Waals surface area contributed by atoms with Crippen molar-refractivity contribution in [3.05, 3.63) is 59.2 Å². The number of methoxy groups -OCH3 is 1. The molecule has 1 atom stereocenters. The molecule has 2 aromatic rings. The highest BCUT2D eigenvalue weighted by atomic mass is 16.5. The van der Waals surface area contributed by atoms with Gasteiger partial charge in [0.1, 0.15) is 17.5 Å². The number of hydrogen-bond acceptors (Lipinski definition) is 4. The SMILES string of the molecule is CC[C@H](C(=O)NC1CCCCC1)N(Cc1cccc(OC)c1)C(=O)COc1cccc(C)c1C. The lowest BCUT2D eigenvalue weighted by Crippen LogP contribution is -2.52. The summed E-state index contributed by atoms with van der Waals surface area (Å²) in [6.45, 7) is 6.13. The fraction of sp³-hybridized carbons (Fsp3) is 0.500. The highest BCUT2D eigenvalue weighted by Crippen LogP contribution is 2.22. The summed E-state index contributed by atoms with van der Waals surface area (Å²) < 4.78 is 11.3. The van der Waals surface area contributed by atoms with Gasteiger partial charge in [0.05, 0.1) is 7.11 Å². The lowest BCUT2D eigenvalue weighted by atomic mass is 9.95. The van der Waals surface area contributed by atoms with E-state index in [2.05, 4.69) is 5.32 Å². The number of rotatable bonds is 10. The van der Waals surface area contributed by atoms with Crippen molar-refractivity contribution in [3.8, 4) is 11.5 Å². The summed E-state index contributed by atoms with van der Waals surface area (Å²) in [4.78, 5) is 28.4. The second-order valence-electron chi connectivity index (χ2n) is 9.13. The van der Waals surface area contributed by atoms with Crippen LogP contribution in [0.5, 0.6) is 11.5 Å². The van der Waals surface area contributed by atoms with Crippen LogP contribution in [0.25, 0.3) is 0 Å². The van der Waals surface area contributed by atoms with E-state index in [1.54, 1.807) is 12.0 Å². The molecule has 1 aliphatic carbocycles. The molecule has 2 aromatic carbocycles. The Morgan fingerprint density at radius 3 is 2.53 bits per heavy atom. The topological polar surface area (TPSA) is 67.9 Å². The molecule has 3 rings (SSSR count). The number of aryl methyl sites for hydroxylation is 1. The standard InChI is InChI=1S/C28H38N2O4/c1-5-25(28(32)29-23-13-7-6-8-14-23)30(18-22-12-10-15-24(17-22)33-4)27(31)19-34-26-16-9-11-20(2)21(26)3/h9-12,15-17,23,25H,5-8,13-14,18-19H2,1-4H3,(H,29,32)/t25-/m1/s1. The predicted octanol–water partition coefficient (Wildman–Crippen LogP) is 4.95. The van der Waals surface area contributed by atoms with E-state index in [0.29, 0.717) is 18.7 Å². The third-order valence-corrected chi connectivity index (χ3v) is 6.73. The van der Waals surface area contributed by atoms with Gasteiger partial charge >= 0.3 is 0 Å². The zero-order valence-corrected chi connectivity index (χ0v) is 20.9. The zero-order chi connectivity index (χ0) is 24.5. The molecule has 0 unspecified atom stereocenters. The van der Waals surface area contributed by atoms with Crippen LogP contribution < -0.4 is 14.8 Å². The molecule has 0 heterocycles. The van der Waals surface area contributed by atoms with Crippen molar-refractivity contribution in [3.63, 3.8) is 0 Å². The second kappa shape index (κ2) is 12.4. The Balaban J connectivity index is 1.79. The van der Waals surface area contributed by atoms with Crippen molar-refractivity contribution in [2.75, 3.05) is 13.7 Å². The Kier molecular flexibility index (Phi) is 9.37. The fourth-order valence-corrected chi connectivity index (χ4v) is 4.53. The van der Waals surface area contributed by atoms with E-state index in [4.69, 9.17) is 9.47 Å². The summed E-state index contributed by atoms with van der Waals surface area (Å²) in [5.41, 5.74) is 3.02. The van der Waals surface area contributed by atoms with Gasteiger partial charge < -0.3 is 19.7 Å². The third-order valence-electron chi connectivity index (χ3n) is 6.73. The minimum Gasteiger partial charge on any atom is -0.497 e. The molecule has 34 heavy (non-hydrogen) atoms.